The summed E-state index contributed by atoms with van der Waals surface area (Å²) in [6, 6.07) is 1.95. The van der Waals surface area contributed by atoms with Crippen LogP contribution < -0.4 is 11.3 Å². The number of hydrazine groups is 1. The van der Waals surface area contributed by atoms with Crippen LogP contribution in [0.2, 0.25) is 0 Å². The van der Waals surface area contributed by atoms with Crippen molar-refractivity contribution in [1.29, 1.82) is 0 Å². The standard InChI is InChI=1S/C12H19N5OS/c1-8(18)3-5-17(2)7-10-14-11(16-13)9-4-6-19-12(9)15-10/h4,6,8,18H,3,5,7,13H2,1-2H3,(H,14,15,16). The van der Waals surface area contributed by atoms with Gasteiger partial charge in [-0.1, -0.05) is 0 Å². The summed E-state index contributed by atoms with van der Waals surface area (Å²) in [5.41, 5.74) is 2.62. The molecule has 0 fully saturated rings. The van der Waals surface area contributed by atoms with Gasteiger partial charge < -0.3 is 10.5 Å². The van der Waals surface area contributed by atoms with Gasteiger partial charge in [-0.15, -0.1) is 11.3 Å². The number of anilines is 1. The summed E-state index contributed by atoms with van der Waals surface area (Å²) in [6.07, 6.45) is 0.448. The van der Waals surface area contributed by atoms with Crippen LogP contribution in [0.1, 0.15) is 19.2 Å². The lowest BCUT2D eigenvalue weighted by Crippen LogP contribution is -2.23. The van der Waals surface area contributed by atoms with Gasteiger partial charge in [0.2, 0.25) is 0 Å². The quantitative estimate of drug-likeness (QED) is 0.544. The molecule has 19 heavy (non-hydrogen) atoms. The van der Waals surface area contributed by atoms with Crippen molar-refractivity contribution in [2.75, 3.05) is 19.0 Å². The first-order valence-corrected chi connectivity index (χ1v) is 7.05. The highest BCUT2D eigenvalue weighted by molar-refractivity contribution is 7.16. The Bertz CT molecular complexity index is 542. The Kier molecular flexibility index (Phi) is 4.65. The minimum Gasteiger partial charge on any atom is -0.393 e. The molecule has 0 aliphatic rings. The second kappa shape index (κ2) is 6.25. The minimum absolute atomic E-state index is 0.288. The predicted molar refractivity (Wildman–Crippen MR) is 77.9 cm³/mol. The maximum absolute atomic E-state index is 9.28. The predicted octanol–water partition coefficient (Wildman–Crippen LogP) is 1.18. The van der Waals surface area contributed by atoms with Crippen molar-refractivity contribution in [3.05, 3.63) is 17.3 Å². The van der Waals surface area contributed by atoms with Gasteiger partial charge in [0.25, 0.3) is 0 Å². The van der Waals surface area contributed by atoms with Gasteiger partial charge >= 0.3 is 0 Å². The summed E-state index contributed by atoms with van der Waals surface area (Å²) in [5, 5.41) is 12.2. The Morgan fingerprint density at radius 3 is 3.00 bits per heavy atom. The third-order valence-corrected chi connectivity index (χ3v) is 3.65. The normalized spacial score (nSPS) is 13.1. The van der Waals surface area contributed by atoms with E-state index in [1.54, 1.807) is 18.3 Å². The molecule has 6 nitrogen and oxygen atoms in total. The summed E-state index contributed by atoms with van der Waals surface area (Å²) in [7, 11) is 1.99. The summed E-state index contributed by atoms with van der Waals surface area (Å²) < 4.78 is 0. The lowest BCUT2D eigenvalue weighted by Gasteiger charge is -2.16. The number of nitrogens with zero attached hydrogens (tertiary/aromatic N) is 3. The lowest BCUT2D eigenvalue weighted by molar-refractivity contribution is 0.162. The van der Waals surface area contributed by atoms with E-state index in [4.69, 9.17) is 5.84 Å². The molecule has 1 unspecified atom stereocenters. The SMILES string of the molecule is CC(O)CCN(C)Cc1nc(NN)c2ccsc2n1. The number of aliphatic hydroxyl groups excluding tert-OH is 1. The topological polar surface area (TPSA) is 87.3 Å². The van der Waals surface area contributed by atoms with E-state index in [0.717, 1.165) is 29.0 Å². The molecule has 0 aromatic carbocycles. The Labute approximate surface area is 116 Å². The first-order valence-electron chi connectivity index (χ1n) is 6.17. The zero-order chi connectivity index (χ0) is 13.8. The largest absolute Gasteiger partial charge is 0.393 e. The molecular weight excluding hydrogens is 262 g/mol. The van der Waals surface area contributed by atoms with E-state index in [-0.39, 0.29) is 6.10 Å². The molecule has 1 atom stereocenters. The highest BCUT2D eigenvalue weighted by Crippen LogP contribution is 2.24. The van der Waals surface area contributed by atoms with E-state index in [0.29, 0.717) is 12.4 Å². The Hall–Kier alpha value is -1.28. The van der Waals surface area contributed by atoms with Crippen LogP contribution in [0.15, 0.2) is 11.4 Å². The average Bonchev–Trinajstić information content (AvgIpc) is 2.83. The molecule has 104 valence electrons. The molecule has 0 aliphatic heterocycles. The molecule has 2 heterocycles. The molecule has 0 spiro atoms. The molecule has 4 N–H and O–H groups in total. The third kappa shape index (κ3) is 3.60. The number of nitrogen functional groups attached to an aromatic ring is 1. The summed E-state index contributed by atoms with van der Waals surface area (Å²) >= 11 is 1.57. The molecule has 7 heteroatoms. The van der Waals surface area contributed by atoms with Crippen molar-refractivity contribution in [2.24, 2.45) is 5.84 Å². The first kappa shape index (κ1) is 14.1. The van der Waals surface area contributed by atoms with E-state index in [9.17, 15) is 5.11 Å². The average molecular weight is 281 g/mol. The van der Waals surface area contributed by atoms with Crippen LogP contribution in [0.4, 0.5) is 5.82 Å². The van der Waals surface area contributed by atoms with Gasteiger partial charge in [-0.2, -0.15) is 0 Å². The smallest absolute Gasteiger partial charge is 0.152 e. The van der Waals surface area contributed by atoms with Gasteiger partial charge in [0.15, 0.2) is 5.82 Å². The van der Waals surface area contributed by atoms with Gasteiger partial charge in [-0.25, -0.2) is 15.8 Å². The summed E-state index contributed by atoms with van der Waals surface area (Å²) in [6.45, 7) is 3.22. The number of nitrogens with two attached hydrogens (primary N) is 1. The molecule has 0 radical (unpaired) electrons. The van der Waals surface area contributed by atoms with Crippen molar-refractivity contribution in [2.45, 2.75) is 26.0 Å². The number of rotatable bonds is 6. The second-order valence-corrected chi connectivity index (χ2v) is 5.54. The maximum atomic E-state index is 9.28. The number of nitrogens with one attached hydrogen (secondary N) is 1. The van der Waals surface area contributed by atoms with Gasteiger partial charge in [0.1, 0.15) is 10.7 Å². The van der Waals surface area contributed by atoms with E-state index in [1.165, 1.54) is 0 Å². The monoisotopic (exact) mass is 281 g/mol. The van der Waals surface area contributed by atoms with Crippen molar-refractivity contribution < 1.29 is 5.11 Å². The molecule has 2 aromatic heterocycles. The number of hydrogen-bond donors (Lipinski definition) is 3. The van der Waals surface area contributed by atoms with Crippen molar-refractivity contribution >= 4 is 27.4 Å². The van der Waals surface area contributed by atoms with Crippen LogP contribution in [-0.4, -0.2) is 39.7 Å². The molecule has 0 amide bonds. The highest BCUT2D eigenvalue weighted by atomic mass is 32.1. The number of aliphatic hydroxyl groups is 1. The summed E-state index contributed by atoms with van der Waals surface area (Å²) in [5.74, 6) is 6.88. The van der Waals surface area contributed by atoms with E-state index in [2.05, 4.69) is 20.3 Å². The van der Waals surface area contributed by atoms with Crippen LogP contribution in [0.25, 0.3) is 10.2 Å². The molecule has 0 bridgehead atoms. The van der Waals surface area contributed by atoms with Crippen LogP contribution in [0.5, 0.6) is 0 Å². The van der Waals surface area contributed by atoms with E-state index in [1.807, 2.05) is 18.5 Å². The van der Waals surface area contributed by atoms with Crippen molar-refractivity contribution in [3.63, 3.8) is 0 Å². The van der Waals surface area contributed by atoms with E-state index >= 15 is 0 Å². The van der Waals surface area contributed by atoms with Gasteiger partial charge in [-0.05, 0) is 31.8 Å². The second-order valence-electron chi connectivity index (χ2n) is 4.65. The van der Waals surface area contributed by atoms with E-state index < -0.39 is 0 Å². The fraction of sp³-hybridized carbons (Fsp3) is 0.500. The molecule has 2 rings (SSSR count). The van der Waals surface area contributed by atoms with Crippen molar-refractivity contribution in [3.8, 4) is 0 Å². The summed E-state index contributed by atoms with van der Waals surface area (Å²) in [4.78, 5) is 11.9. The Morgan fingerprint density at radius 1 is 1.53 bits per heavy atom. The molecular formula is C12H19N5OS. The van der Waals surface area contributed by atoms with Crippen molar-refractivity contribution in [1.82, 2.24) is 14.9 Å². The fourth-order valence-corrected chi connectivity index (χ4v) is 2.59. The zero-order valence-corrected chi connectivity index (χ0v) is 11.9. The number of thiophene rings is 1. The van der Waals surface area contributed by atoms with Crippen LogP contribution >= 0.6 is 11.3 Å². The number of aromatic nitrogens is 2. The molecule has 0 aliphatic carbocycles. The molecule has 0 saturated heterocycles. The van der Waals surface area contributed by atoms with Gasteiger partial charge in [-0.3, -0.25) is 4.90 Å². The number of hydrogen-bond acceptors (Lipinski definition) is 7. The minimum atomic E-state index is -0.288. The number of fused-ring (bicyclic) bond motifs is 1. The van der Waals surface area contributed by atoms with Crippen LogP contribution in [-0.2, 0) is 6.54 Å². The maximum Gasteiger partial charge on any atom is 0.152 e. The zero-order valence-electron chi connectivity index (χ0n) is 11.1. The third-order valence-electron chi connectivity index (χ3n) is 2.85. The highest BCUT2D eigenvalue weighted by Gasteiger charge is 2.10. The van der Waals surface area contributed by atoms with Gasteiger partial charge in [0, 0.05) is 6.54 Å². The fourth-order valence-electron chi connectivity index (χ4n) is 1.81. The van der Waals surface area contributed by atoms with Gasteiger partial charge in [0.05, 0.1) is 18.0 Å². The van der Waals surface area contributed by atoms with Crippen LogP contribution in [0, 0.1) is 0 Å². The van der Waals surface area contributed by atoms with Crippen LogP contribution in [0.3, 0.4) is 0 Å². The Balaban J connectivity index is 2.11. The molecule has 0 saturated carbocycles. The Morgan fingerprint density at radius 2 is 2.32 bits per heavy atom. The lowest BCUT2D eigenvalue weighted by atomic mass is 10.3. The molecule has 2 aromatic rings. The first-order chi connectivity index (χ1) is 9.10.